The van der Waals surface area contributed by atoms with Crippen molar-refractivity contribution in [1.82, 2.24) is 31.3 Å². The Kier molecular flexibility index (Phi) is 4.16. The number of rotatable bonds is 4. The minimum absolute atomic E-state index is 0.0470. The van der Waals surface area contributed by atoms with Crippen LogP contribution in [0.15, 0.2) is 0 Å². The number of tetrazole rings is 1. The number of aromatic amines is 1. The molecular weight excluding hydrogens is 202 g/mol. The maximum Gasteiger partial charge on any atom is 0.309 e. The van der Waals surface area contributed by atoms with E-state index >= 15 is 0 Å². The zero-order chi connectivity index (χ0) is 11.1. The summed E-state index contributed by atoms with van der Waals surface area (Å²) in [5.41, 5.74) is 5.15. The Morgan fingerprint density at radius 3 is 2.67 bits per heavy atom. The number of nitrogens with two attached hydrogens (primary N) is 1. The minimum atomic E-state index is -0.756. The van der Waals surface area contributed by atoms with Crippen LogP contribution in [0.25, 0.3) is 0 Å². The lowest BCUT2D eigenvalue weighted by atomic mass is 10.5. The summed E-state index contributed by atoms with van der Waals surface area (Å²) in [5.74, 6) is -1.19. The smallest absolute Gasteiger partial charge is 0.309 e. The zero-order valence-electron chi connectivity index (χ0n) is 7.86. The molecule has 1 aromatic rings. The van der Waals surface area contributed by atoms with Crippen molar-refractivity contribution in [3.05, 3.63) is 5.82 Å². The maximum atomic E-state index is 11.1. The Hall–Kier alpha value is -2.03. The first kappa shape index (κ1) is 11.0. The van der Waals surface area contributed by atoms with Gasteiger partial charge in [0, 0.05) is 13.1 Å². The molecule has 0 saturated carbocycles. The third-order valence-corrected chi connectivity index (χ3v) is 1.43. The first-order chi connectivity index (χ1) is 7.24. The monoisotopic (exact) mass is 213 g/mol. The van der Waals surface area contributed by atoms with Crippen LogP contribution in [0, 0.1) is 0 Å². The molecule has 0 radical (unpaired) electrons. The molecule has 0 unspecified atom stereocenters. The summed E-state index contributed by atoms with van der Waals surface area (Å²) in [6.45, 7) is 0.587. The second-order valence-corrected chi connectivity index (χ2v) is 2.56. The van der Waals surface area contributed by atoms with E-state index in [9.17, 15) is 9.59 Å². The van der Waals surface area contributed by atoms with Crippen LogP contribution < -0.4 is 16.4 Å². The number of aromatic nitrogens is 4. The molecule has 15 heavy (non-hydrogen) atoms. The molecule has 9 heteroatoms. The minimum Gasteiger partial charge on any atom is -0.347 e. The Balaban J connectivity index is 2.26. The first-order valence-corrected chi connectivity index (χ1v) is 4.22. The number of nitrogens with one attached hydrogen (secondary N) is 3. The summed E-state index contributed by atoms with van der Waals surface area (Å²) in [6, 6.07) is 0. The molecule has 0 atom stereocenters. The first-order valence-electron chi connectivity index (χ1n) is 4.22. The topological polar surface area (TPSA) is 139 Å². The molecular formula is C6H11N7O2. The molecule has 5 N–H and O–H groups in total. The van der Waals surface area contributed by atoms with Crippen LogP contribution in [0.2, 0.25) is 0 Å². The summed E-state index contributed by atoms with van der Waals surface area (Å²) < 4.78 is 0. The molecule has 9 nitrogen and oxygen atoms in total. The molecule has 1 rings (SSSR count). The van der Waals surface area contributed by atoms with Gasteiger partial charge in [0.1, 0.15) is 0 Å². The van der Waals surface area contributed by atoms with Gasteiger partial charge < -0.3 is 16.4 Å². The van der Waals surface area contributed by atoms with E-state index in [4.69, 9.17) is 5.73 Å². The van der Waals surface area contributed by atoms with Crippen molar-refractivity contribution in [1.29, 1.82) is 0 Å². The van der Waals surface area contributed by atoms with Crippen molar-refractivity contribution < 1.29 is 9.59 Å². The van der Waals surface area contributed by atoms with E-state index in [0.29, 0.717) is 5.82 Å². The zero-order valence-corrected chi connectivity index (χ0v) is 7.86. The van der Waals surface area contributed by atoms with Gasteiger partial charge in [0.05, 0.1) is 6.54 Å². The van der Waals surface area contributed by atoms with Crippen molar-refractivity contribution >= 4 is 11.8 Å². The fraction of sp³-hybridized carbons (Fsp3) is 0.500. The average Bonchev–Trinajstić information content (AvgIpc) is 2.75. The number of carbonyl (C=O) groups excluding carboxylic acids is 2. The number of carbonyl (C=O) groups is 2. The summed E-state index contributed by atoms with van der Waals surface area (Å²) in [4.78, 5) is 22.1. The lowest BCUT2D eigenvalue weighted by Gasteiger charge is -2.02. The SMILES string of the molecule is NCCNC(=O)C(=O)NCc1nn[nH]n1. The van der Waals surface area contributed by atoms with Gasteiger partial charge in [-0.15, -0.1) is 10.2 Å². The van der Waals surface area contributed by atoms with Crippen LogP contribution >= 0.6 is 0 Å². The highest BCUT2D eigenvalue weighted by atomic mass is 16.2. The molecule has 0 bridgehead atoms. The van der Waals surface area contributed by atoms with Crippen molar-refractivity contribution in [2.24, 2.45) is 5.73 Å². The van der Waals surface area contributed by atoms with Crippen molar-refractivity contribution in [2.45, 2.75) is 6.54 Å². The number of H-pyrrole nitrogens is 1. The highest BCUT2D eigenvalue weighted by Crippen LogP contribution is 1.81. The molecule has 0 aromatic carbocycles. The standard InChI is InChI=1S/C6H11N7O2/c7-1-2-8-5(14)6(15)9-3-4-10-12-13-11-4/h1-3,7H2,(H,8,14)(H,9,15)(H,10,11,12,13). The van der Waals surface area contributed by atoms with E-state index in [1.807, 2.05) is 0 Å². The Labute approximate surface area is 84.8 Å². The predicted molar refractivity (Wildman–Crippen MR) is 48.1 cm³/mol. The molecule has 0 aliphatic carbocycles. The van der Waals surface area contributed by atoms with Gasteiger partial charge in [0.2, 0.25) is 0 Å². The van der Waals surface area contributed by atoms with Crippen LogP contribution in [0.5, 0.6) is 0 Å². The molecule has 1 aromatic heterocycles. The fourth-order valence-corrected chi connectivity index (χ4v) is 0.763. The quantitative estimate of drug-likeness (QED) is 0.390. The second-order valence-electron chi connectivity index (χ2n) is 2.56. The number of amides is 2. The van der Waals surface area contributed by atoms with Crippen LogP contribution in [0.1, 0.15) is 5.82 Å². The van der Waals surface area contributed by atoms with Crippen molar-refractivity contribution in [2.75, 3.05) is 13.1 Å². The summed E-state index contributed by atoms with van der Waals surface area (Å²) in [6.07, 6.45) is 0. The van der Waals surface area contributed by atoms with Gasteiger partial charge in [-0.25, -0.2) is 0 Å². The predicted octanol–water partition coefficient (Wildman–Crippen LogP) is -3.11. The molecule has 82 valence electrons. The summed E-state index contributed by atoms with van der Waals surface area (Å²) in [5, 5.41) is 17.3. The molecule has 1 heterocycles. The highest BCUT2D eigenvalue weighted by molar-refractivity contribution is 6.35. The Bertz CT molecular complexity index is 322. The van der Waals surface area contributed by atoms with Crippen LogP contribution in [0.3, 0.4) is 0 Å². The normalized spacial score (nSPS) is 9.67. The molecule has 0 spiro atoms. The molecule has 0 fully saturated rings. The van der Waals surface area contributed by atoms with E-state index < -0.39 is 11.8 Å². The van der Waals surface area contributed by atoms with Crippen molar-refractivity contribution in [3.63, 3.8) is 0 Å². The lowest BCUT2D eigenvalue weighted by molar-refractivity contribution is -0.139. The van der Waals surface area contributed by atoms with Gasteiger partial charge in [-0.3, -0.25) is 9.59 Å². The van der Waals surface area contributed by atoms with E-state index in [1.54, 1.807) is 0 Å². The molecule has 0 saturated heterocycles. The fourth-order valence-electron chi connectivity index (χ4n) is 0.763. The molecule has 0 aliphatic heterocycles. The summed E-state index contributed by atoms with van der Waals surface area (Å²) >= 11 is 0. The number of nitrogens with zero attached hydrogens (tertiary/aromatic N) is 3. The van der Waals surface area contributed by atoms with E-state index in [0.717, 1.165) is 0 Å². The lowest BCUT2D eigenvalue weighted by Crippen LogP contribution is -2.41. The van der Waals surface area contributed by atoms with Gasteiger partial charge in [-0.2, -0.15) is 5.21 Å². The van der Waals surface area contributed by atoms with Gasteiger partial charge in [-0.1, -0.05) is 5.21 Å². The second kappa shape index (κ2) is 5.65. The molecule has 0 aliphatic rings. The van der Waals surface area contributed by atoms with E-state index in [1.165, 1.54) is 0 Å². The Morgan fingerprint density at radius 2 is 2.07 bits per heavy atom. The number of hydrogen-bond donors (Lipinski definition) is 4. The van der Waals surface area contributed by atoms with E-state index in [-0.39, 0.29) is 19.6 Å². The van der Waals surface area contributed by atoms with Gasteiger partial charge in [-0.05, 0) is 0 Å². The highest BCUT2D eigenvalue weighted by Gasteiger charge is 2.12. The molecule has 2 amide bonds. The van der Waals surface area contributed by atoms with Gasteiger partial charge in [0.25, 0.3) is 0 Å². The third-order valence-electron chi connectivity index (χ3n) is 1.43. The van der Waals surface area contributed by atoms with Gasteiger partial charge in [0.15, 0.2) is 5.82 Å². The Morgan fingerprint density at radius 1 is 1.33 bits per heavy atom. The van der Waals surface area contributed by atoms with Crippen LogP contribution in [-0.2, 0) is 16.1 Å². The van der Waals surface area contributed by atoms with Crippen molar-refractivity contribution in [3.8, 4) is 0 Å². The van der Waals surface area contributed by atoms with Gasteiger partial charge >= 0.3 is 11.8 Å². The van der Waals surface area contributed by atoms with Crippen LogP contribution in [0.4, 0.5) is 0 Å². The largest absolute Gasteiger partial charge is 0.347 e. The van der Waals surface area contributed by atoms with E-state index in [2.05, 4.69) is 31.3 Å². The number of hydrogen-bond acceptors (Lipinski definition) is 6. The average molecular weight is 213 g/mol. The third kappa shape index (κ3) is 3.68. The maximum absolute atomic E-state index is 11.1. The summed E-state index contributed by atoms with van der Waals surface area (Å²) in [7, 11) is 0. The van der Waals surface area contributed by atoms with Crippen LogP contribution in [-0.4, -0.2) is 45.5 Å².